The molecule has 4 N–H and O–H groups in total. The highest BCUT2D eigenvalue weighted by Gasteiger charge is 2.02. The molecular formula is C8H23N5. The molecule has 0 aromatic heterocycles. The van der Waals surface area contributed by atoms with Crippen molar-refractivity contribution < 1.29 is 0 Å². The van der Waals surface area contributed by atoms with Gasteiger partial charge in [0.15, 0.2) is 0 Å². The summed E-state index contributed by atoms with van der Waals surface area (Å²) < 4.78 is 0. The lowest BCUT2D eigenvalue weighted by Gasteiger charge is -2.24. The second-order valence-corrected chi connectivity index (χ2v) is 3.52. The molecule has 0 aliphatic carbocycles. The van der Waals surface area contributed by atoms with Crippen molar-refractivity contribution >= 4 is 0 Å². The molecule has 5 heteroatoms. The number of rotatable bonds is 7. The van der Waals surface area contributed by atoms with Crippen LogP contribution in [-0.4, -0.2) is 68.9 Å². The Bertz CT molecular complexity index is 119. The van der Waals surface area contributed by atoms with Crippen LogP contribution in [-0.2, 0) is 0 Å². The molecule has 0 spiro atoms. The number of nitrogens with two attached hydrogens (primary N) is 2. The predicted octanol–water partition coefficient (Wildman–Crippen LogP) is -1.43. The Morgan fingerprint density at radius 3 is 1.69 bits per heavy atom. The fourth-order valence-electron chi connectivity index (χ4n) is 0.973. The standard InChI is InChI=1S/C8H23N5/c1-11(6-9)4-5-12(2)8-13(3)7-10/h4-10H2,1-3H3. The summed E-state index contributed by atoms with van der Waals surface area (Å²) in [5, 5.41) is 0. The van der Waals surface area contributed by atoms with E-state index in [1.165, 1.54) is 0 Å². The molecule has 5 nitrogen and oxygen atoms in total. The van der Waals surface area contributed by atoms with Gasteiger partial charge in [-0.1, -0.05) is 0 Å². The minimum atomic E-state index is 0.594. The molecule has 0 saturated carbocycles. The van der Waals surface area contributed by atoms with E-state index in [9.17, 15) is 0 Å². The Labute approximate surface area is 81.3 Å². The van der Waals surface area contributed by atoms with Crippen LogP contribution in [0.2, 0.25) is 0 Å². The van der Waals surface area contributed by atoms with E-state index in [2.05, 4.69) is 21.7 Å². The summed E-state index contributed by atoms with van der Waals surface area (Å²) in [5.41, 5.74) is 10.9. The summed E-state index contributed by atoms with van der Waals surface area (Å²) in [6.07, 6.45) is 0. The second kappa shape index (κ2) is 7.23. The average Bonchev–Trinajstić information content (AvgIpc) is 2.13. The van der Waals surface area contributed by atoms with Gasteiger partial charge in [-0.05, 0) is 21.1 Å². The third-order valence-corrected chi connectivity index (χ3v) is 1.97. The Morgan fingerprint density at radius 2 is 1.23 bits per heavy atom. The zero-order valence-electron chi connectivity index (χ0n) is 9.03. The van der Waals surface area contributed by atoms with E-state index in [0.29, 0.717) is 13.3 Å². The molecule has 0 atom stereocenters. The lowest BCUT2D eigenvalue weighted by Crippen LogP contribution is -2.40. The molecule has 0 aliphatic rings. The summed E-state index contributed by atoms with van der Waals surface area (Å²) in [7, 11) is 6.10. The second-order valence-electron chi connectivity index (χ2n) is 3.52. The Morgan fingerprint density at radius 1 is 0.769 bits per heavy atom. The largest absolute Gasteiger partial charge is 0.318 e. The maximum absolute atomic E-state index is 5.47. The molecule has 0 aromatic rings. The number of hydrogen-bond acceptors (Lipinski definition) is 5. The first-order valence-corrected chi connectivity index (χ1v) is 4.56. The first-order chi connectivity index (χ1) is 6.10. The van der Waals surface area contributed by atoms with Gasteiger partial charge in [0.05, 0.1) is 6.67 Å². The summed E-state index contributed by atoms with van der Waals surface area (Å²) in [5.74, 6) is 0. The van der Waals surface area contributed by atoms with E-state index in [1.54, 1.807) is 0 Å². The minimum Gasteiger partial charge on any atom is -0.318 e. The van der Waals surface area contributed by atoms with Gasteiger partial charge in [0.25, 0.3) is 0 Å². The SMILES string of the molecule is CN(CN)CCN(C)CN(C)CN. The molecule has 0 heterocycles. The maximum Gasteiger partial charge on any atom is 0.0512 e. The van der Waals surface area contributed by atoms with Crippen LogP contribution >= 0.6 is 0 Å². The van der Waals surface area contributed by atoms with Crippen molar-refractivity contribution in [1.82, 2.24) is 14.7 Å². The fraction of sp³-hybridized carbons (Fsp3) is 1.00. The van der Waals surface area contributed by atoms with Gasteiger partial charge in [-0.2, -0.15) is 0 Å². The molecule has 80 valence electrons. The Balaban J connectivity index is 3.45. The minimum absolute atomic E-state index is 0.594. The predicted molar refractivity (Wildman–Crippen MR) is 56.0 cm³/mol. The van der Waals surface area contributed by atoms with Crippen LogP contribution in [0.15, 0.2) is 0 Å². The number of nitrogens with zero attached hydrogens (tertiary/aromatic N) is 3. The van der Waals surface area contributed by atoms with E-state index in [1.807, 2.05) is 14.1 Å². The molecule has 0 unspecified atom stereocenters. The molecule has 0 aliphatic heterocycles. The van der Waals surface area contributed by atoms with Gasteiger partial charge in [-0.25, -0.2) is 0 Å². The molecular weight excluding hydrogens is 166 g/mol. The lowest BCUT2D eigenvalue weighted by atomic mass is 10.5. The van der Waals surface area contributed by atoms with Crippen molar-refractivity contribution in [2.45, 2.75) is 0 Å². The van der Waals surface area contributed by atoms with Crippen molar-refractivity contribution in [2.24, 2.45) is 11.5 Å². The van der Waals surface area contributed by atoms with Crippen LogP contribution in [0, 0.1) is 0 Å². The lowest BCUT2D eigenvalue weighted by molar-refractivity contribution is 0.169. The van der Waals surface area contributed by atoms with Gasteiger partial charge in [0.2, 0.25) is 0 Å². The molecule has 0 rings (SSSR count). The summed E-state index contributed by atoms with van der Waals surface area (Å²) in [6.45, 7) is 4.11. The maximum atomic E-state index is 5.47. The van der Waals surface area contributed by atoms with Crippen LogP contribution in [0.25, 0.3) is 0 Å². The normalized spacial score (nSPS) is 12.0. The topological polar surface area (TPSA) is 61.8 Å². The number of likely N-dealkylation sites (N-methyl/N-ethyl adjacent to an activating group) is 2. The van der Waals surface area contributed by atoms with Crippen LogP contribution in [0.4, 0.5) is 0 Å². The van der Waals surface area contributed by atoms with E-state index in [4.69, 9.17) is 11.5 Å². The summed E-state index contributed by atoms with van der Waals surface area (Å²) >= 11 is 0. The van der Waals surface area contributed by atoms with Crippen molar-refractivity contribution in [3.63, 3.8) is 0 Å². The Kier molecular flexibility index (Phi) is 7.12. The van der Waals surface area contributed by atoms with Gasteiger partial charge >= 0.3 is 0 Å². The number of hydrogen-bond donors (Lipinski definition) is 2. The third kappa shape index (κ3) is 6.92. The zero-order chi connectivity index (χ0) is 10.3. The molecule has 0 aromatic carbocycles. The smallest absolute Gasteiger partial charge is 0.0512 e. The highest BCUT2D eigenvalue weighted by atomic mass is 15.3. The van der Waals surface area contributed by atoms with Crippen LogP contribution in [0.3, 0.4) is 0 Å². The van der Waals surface area contributed by atoms with Crippen LogP contribution in [0.5, 0.6) is 0 Å². The quantitative estimate of drug-likeness (QED) is 0.481. The Hall–Kier alpha value is -0.200. The molecule has 0 saturated heterocycles. The third-order valence-electron chi connectivity index (χ3n) is 1.97. The van der Waals surface area contributed by atoms with E-state index < -0.39 is 0 Å². The summed E-state index contributed by atoms with van der Waals surface area (Å²) in [4.78, 5) is 6.36. The molecule has 13 heavy (non-hydrogen) atoms. The first kappa shape index (κ1) is 12.8. The van der Waals surface area contributed by atoms with E-state index in [-0.39, 0.29) is 0 Å². The van der Waals surface area contributed by atoms with Gasteiger partial charge < -0.3 is 11.5 Å². The van der Waals surface area contributed by atoms with Gasteiger partial charge in [0.1, 0.15) is 0 Å². The highest BCUT2D eigenvalue weighted by Crippen LogP contribution is 1.87. The molecule has 0 bridgehead atoms. The average molecular weight is 189 g/mol. The van der Waals surface area contributed by atoms with Crippen LogP contribution in [0.1, 0.15) is 0 Å². The van der Waals surface area contributed by atoms with Crippen molar-refractivity contribution in [2.75, 3.05) is 54.2 Å². The zero-order valence-corrected chi connectivity index (χ0v) is 9.03. The van der Waals surface area contributed by atoms with Gasteiger partial charge in [0, 0.05) is 26.4 Å². The van der Waals surface area contributed by atoms with Gasteiger partial charge in [-0.15, -0.1) is 0 Å². The summed E-state index contributed by atoms with van der Waals surface area (Å²) in [6, 6.07) is 0. The fourth-order valence-corrected chi connectivity index (χ4v) is 0.973. The van der Waals surface area contributed by atoms with Crippen molar-refractivity contribution in [1.29, 1.82) is 0 Å². The van der Waals surface area contributed by atoms with Gasteiger partial charge in [-0.3, -0.25) is 14.7 Å². The molecule has 0 radical (unpaired) electrons. The van der Waals surface area contributed by atoms with Crippen molar-refractivity contribution in [3.05, 3.63) is 0 Å². The van der Waals surface area contributed by atoms with Crippen LogP contribution < -0.4 is 11.5 Å². The first-order valence-electron chi connectivity index (χ1n) is 4.56. The highest BCUT2D eigenvalue weighted by molar-refractivity contribution is 4.54. The van der Waals surface area contributed by atoms with E-state index >= 15 is 0 Å². The molecule has 0 amide bonds. The molecule has 0 fully saturated rings. The van der Waals surface area contributed by atoms with E-state index in [0.717, 1.165) is 19.8 Å². The monoisotopic (exact) mass is 189 g/mol. The van der Waals surface area contributed by atoms with Crippen molar-refractivity contribution in [3.8, 4) is 0 Å².